The standard InChI is InChI=1S/C17H20N2O.C7H12/c1-3-12-18-15-6-8-16(9-7-15)19-13-14-4-10-17(20-2)11-5-14;1-4-6-7(3)5-2/h3-12,18-19H,13H2,1-2H3;4,6H,1,5H2,2-3H3/b12-3+;7-6+. The molecule has 2 aromatic carbocycles. The lowest BCUT2D eigenvalue weighted by atomic mass is 10.2. The van der Waals surface area contributed by atoms with Crippen LogP contribution in [0.2, 0.25) is 0 Å². The molecule has 0 saturated heterocycles. The van der Waals surface area contributed by atoms with Gasteiger partial charge in [0, 0.05) is 17.9 Å². The summed E-state index contributed by atoms with van der Waals surface area (Å²) in [5.41, 5.74) is 4.79. The van der Waals surface area contributed by atoms with E-state index in [0.29, 0.717) is 0 Å². The fourth-order valence-corrected chi connectivity index (χ4v) is 2.13. The van der Waals surface area contributed by atoms with E-state index in [1.165, 1.54) is 11.1 Å². The Morgan fingerprint density at radius 2 is 1.67 bits per heavy atom. The molecule has 0 saturated carbocycles. The van der Waals surface area contributed by atoms with Crippen LogP contribution < -0.4 is 15.4 Å². The minimum atomic E-state index is 0.797. The summed E-state index contributed by atoms with van der Waals surface area (Å²) in [5, 5.41) is 6.58. The summed E-state index contributed by atoms with van der Waals surface area (Å²) in [6, 6.07) is 16.3. The summed E-state index contributed by atoms with van der Waals surface area (Å²) >= 11 is 0. The smallest absolute Gasteiger partial charge is 0.118 e. The van der Waals surface area contributed by atoms with Crippen LogP contribution in [0.4, 0.5) is 11.4 Å². The molecule has 2 rings (SSSR count). The van der Waals surface area contributed by atoms with E-state index in [1.54, 1.807) is 7.11 Å². The number of ether oxygens (including phenoxy) is 1. The molecule has 0 bridgehead atoms. The van der Waals surface area contributed by atoms with Gasteiger partial charge < -0.3 is 15.4 Å². The minimum absolute atomic E-state index is 0.797. The summed E-state index contributed by atoms with van der Waals surface area (Å²) in [5.74, 6) is 0.883. The zero-order valence-corrected chi connectivity index (χ0v) is 17.0. The zero-order valence-electron chi connectivity index (χ0n) is 17.0. The Morgan fingerprint density at radius 1 is 1.04 bits per heavy atom. The van der Waals surface area contributed by atoms with E-state index in [-0.39, 0.29) is 0 Å². The van der Waals surface area contributed by atoms with Crippen LogP contribution in [0.5, 0.6) is 5.75 Å². The van der Waals surface area contributed by atoms with Crippen LogP contribution in [-0.4, -0.2) is 7.11 Å². The lowest BCUT2D eigenvalue weighted by molar-refractivity contribution is 0.414. The highest BCUT2D eigenvalue weighted by atomic mass is 16.5. The van der Waals surface area contributed by atoms with Crippen molar-refractivity contribution >= 4 is 11.4 Å². The van der Waals surface area contributed by atoms with Crippen LogP contribution in [0.15, 0.2) is 85.1 Å². The topological polar surface area (TPSA) is 33.3 Å². The van der Waals surface area contributed by atoms with Crippen LogP contribution in [0, 0.1) is 0 Å². The first-order valence-electron chi connectivity index (χ1n) is 9.25. The van der Waals surface area contributed by atoms with E-state index < -0.39 is 0 Å². The van der Waals surface area contributed by atoms with Crippen molar-refractivity contribution in [3.05, 3.63) is 90.7 Å². The van der Waals surface area contributed by atoms with Gasteiger partial charge in [0.25, 0.3) is 0 Å². The maximum absolute atomic E-state index is 5.14. The van der Waals surface area contributed by atoms with Gasteiger partial charge in [-0.3, -0.25) is 0 Å². The van der Waals surface area contributed by atoms with Crippen molar-refractivity contribution in [3.8, 4) is 5.75 Å². The first kappa shape index (κ1) is 22.1. The predicted molar refractivity (Wildman–Crippen MR) is 119 cm³/mol. The van der Waals surface area contributed by atoms with E-state index >= 15 is 0 Å². The van der Waals surface area contributed by atoms with Crippen molar-refractivity contribution in [2.24, 2.45) is 0 Å². The molecule has 0 radical (unpaired) electrons. The van der Waals surface area contributed by atoms with Crippen LogP contribution in [0.25, 0.3) is 0 Å². The lowest BCUT2D eigenvalue weighted by Gasteiger charge is -2.08. The Balaban J connectivity index is 0.000000445. The highest BCUT2D eigenvalue weighted by Gasteiger charge is 1.96. The van der Waals surface area contributed by atoms with Gasteiger partial charge in [-0.15, -0.1) is 0 Å². The number of hydrogen-bond donors (Lipinski definition) is 2. The molecule has 0 spiro atoms. The Bertz CT molecular complexity index is 713. The summed E-state index contributed by atoms with van der Waals surface area (Å²) in [4.78, 5) is 0. The first-order valence-corrected chi connectivity index (χ1v) is 9.25. The van der Waals surface area contributed by atoms with E-state index in [9.17, 15) is 0 Å². The third-order valence-electron chi connectivity index (χ3n) is 3.92. The molecule has 0 amide bonds. The number of allylic oxidation sites excluding steroid dienone is 4. The molecule has 0 fully saturated rings. The molecular weight excluding hydrogens is 332 g/mol. The van der Waals surface area contributed by atoms with Crippen molar-refractivity contribution in [2.45, 2.75) is 33.7 Å². The van der Waals surface area contributed by atoms with Crippen molar-refractivity contribution in [1.29, 1.82) is 0 Å². The Hall–Kier alpha value is -2.94. The van der Waals surface area contributed by atoms with E-state index in [0.717, 1.165) is 30.1 Å². The molecule has 2 aromatic rings. The second kappa shape index (κ2) is 13.3. The van der Waals surface area contributed by atoms with Crippen molar-refractivity contribution in [3.63, 3.8) is 0 Å². The highest BCUT2D eigenvalue weighted by Crippen LogP contribution is 2.16. The largest absolute Gasteiger partial charge is 0.497 e. The third kappa shape index (κ3) is 9.36. The number of benzene rings is 2. The Kier molecular flexibility index (Phi) is 10.9. The van der Waals surface area contributed by atoms with Gasteiger partial charge >= 0.3 is 0 Å². The summed E-state index contributed by atoms with van der Waals surface area (Å²) < 4.78 is 5.14. The molecule has 27 heavy (non-hydrogen) atoms. The molecule has 2 N–H and O–H groups in total. The maximum atomic E-state index is 5.14. The maximum Gasteiger partial charge on any atom is 0.118 e. The Labute approximate surface area is 164 Å². The van der Waals surface area contributed by atoms with Gasteiger partial charge in [0.15, 0.2) is 0 Å². The fraction of sp³-hybridized carbons (Fsp3) is 0.250. The van der Waals surface area contributed by atoms with Gasteiger partial charge in [-0.05, 0) is 68.4 Å². The summed E-state index contributed by atoms with van der Waals surface area (Å²) in [6.45, 7) is 10.6. The predicted octanol–water partition coefficient (Wildman–Crippen LogP) is 6.78. The molecule has 0 aromatic heterocycles. The second-order valence-electron chi connectivity index (χ2n) is 6.03. The Morgan fingerprint density at radius 3 is 2.15 bits per heavy atom. The molecule has 0 aliphatic heterocycles. The molecule has 0 unspecified atom stereocenters. The second-order valence-corrected chi connectivity index (χ2v) is 6.03. The van der Waals surface area contributed by atoms with Gasteiger partial charge in [-0.2, -0.15) is 0 Å². The van der Waals surface area contributed by atoms with Crippen molar-refractivity contribution in [1.82, 2.24) is 0 Å². The van der Waals surface area contributed by atoms with Gasteiger partial charge in [0.2, 0.25) is 0 Å². The van der Waals surface area contributed by atoms with Crippen molar-refractivity contribution in [2.75, 3.05) is 17.7 Å². The molecule has 144 valence electrons. The first-order chi connectivity index (χ1) is 13.1. The quantitative estimate of drug-likeness (QED) is 0.506. The van der Waals surface area contributed by atoms with Crippen LogP contribution in [0.3, 0.4) is 0 Å². The SMILES string of the molecule is C/C=C/Nc1ccc(NCc2ccc(OC)cc2)cc1.C=C/C=C(\C)CC. The van der Waals surface area contributed by atoms with Crippen LogP contribution in [-0.2, 0) is 6.54 Å². The number of nitrogens with one attached hydrogen (secondary N) is 2. The van der Waals surface area contributed by atoms with Crippen molar-refractivity contribution < 1.29 is 4.74 Å². The molecule has 3 nitrogen and oxygen atoms in total. The van der Waals surface area contributed by atoms with Gasteiger partial charge in [-0.25, -0.2) is 0 Å². The van der Waals surface area contributed by atoms with Gasteiger partial charge in [0.05, 0.1) is 7.11 Å². The average molecular weight is 365 g/mol. The molecule has 0 aliphatic carbocycles. The minimum Gasteiger partial charge on any atom is -0.497 e. The number of anilines is 2. The van der Waals surface area contributed by atoms with Crippen LogP contribution >= 0.6 is 0 Å². The average Bonchev–Trinajstić information content (AvgIpc) is 2.72. The van der Waals surface area contributed by atoms with Crippen LogP contribution in [0.1, 0.15) is 32.8 Å². The monoisotopic (exact) mass is 364 g/mol. The molecule has 3 heteroatoms. The van der Waals surface area contributed by atoms with Gasteiger partial charge in [-0.1, -0.05) is 49.4 Å². The molecule has 0 aliphatic rings. The zero-order chi connectivity index (χ0) is 19.9. The third-order valence-corrected chi connectivity index (χ3v) is 3.92. The van der Waals surface area contributed by atoms with E-state index in [1.807, 2.05) is 43.5 Å². The van der Waals surface area contributed by atoms with E-state index in [4.69, 9.17) is 4.74 Å². The lowest BCUT2D eigenvalue weighted by Crippen LogP contribution is -1.99. The summed E-state index contributed by atoms with van der Waals surface area (Å²) in [7, 11) is 1.68. The van der Waals surface area contributed by atoms with Gasteiger partial charge in [0.1, 0.15) is 5.75 Å². The molecule has 0 heterocycles. The molecular formula is C24H32N2O. The fourth-order valence-electron chi connectivity index (χ4n) is 2.13. The van der Waals surface area contributed by atoms with E-state index in [2.05, 4.69) is 67.5 Å². The molecule has 0 atom stereocenters. The number of hydrogen-bond acceptors (Lipinski definition) is 3. The number of rotatable bonds is 8. The number of methoxy groups -OCH3 is 1. The highest BCUT2D eigenvalue weighted by molar-refractivity contribution is 5.54. The normalized spacial score (nSPS) is 10.7. The summed E-state index contributed by atoms with van der Waals surface area (Å²) in [6.07, 6.45) is 8.86.